The van der Waals surface area contributed by atoms with Crippen molar-refractivity contribution in [2.45, 2.75) is 70.1 Å². The predicted molar refractivity (Wildman–Crippen MR) is 147 cm³/mol. The second kappa shape index (κ2) is 17.3. The van der Waals surface area contributed by atoms with E-state index in [9.17, 15) is 34.4 Å². The molecule has 0 radical (unpaired) electrons. The topological polar surface area (TPSA) is 182 Å². The van der Waals surface area contributed by atoms with Gasteiger partial charge in [-0.15, -0.1) is 5.26 Å². The van der Waals surface area contributed by atoms with E-state index in [4.69, 9.17) is 5.26 Å². The molecule has 0 bridgehead atoms. The first-order valence-electron chi connectivity index (χ1n) is 11.6. The molecule has 0 atom stereocenters. The Morgan fingerprint density at radius 2 is 0.905 bits per heavy atom. The molecule has 0 aromatic heterocycles. The minimum absolute atomic E-state index is 0. The number of hydrogen-bond donors (Lipinski definition) is 0. The van der Waals surface area contributed by atoms with Gasteiger partial charge < -0.3 is 9.11 Å². The van der Waals surface area contributed by atoms with E-state index in [-0.39, 0.29) is 73.8 Å². The smallest absolute Gasteiger partial charge is 0.744 e. The summed E-state index contributed by atoms with van der Waals surface area (Å²) in [4.78, 5) is -0.190. The molecular weight excluding hydrogens is 624 g/mol. The van der Waals surface area contributed by atoms with Crippen LogP contribution in [0.2, 0.25) is 0 Å². The van der Waals surface area contributed by atoms with Crippen molar-refractivity contribution in [3.63, 3.8) is 0 Å². The fourth-order valence-electron chi connectivity index (χ4n) is 3.49. The van der Waals surface area contributed by atoms with Crippen LogP contribution in [-0.4, -0.2) is 34.4 Å². The molecule has 0 N–H and O–H groups in total. The molecule has 3 aromatic carbocycles. The van der Waals surface area contributed by atoms with Crippen molar-refractivity contribution < 1.29 is 97.7 Å². The molecule has 0 saturated carbocycles. The van der Waals surface area contributed by atoms with Crippen LogP contribution in [0.1, 0.15) is 44.5 Å². The first-order chi connectivity index (χ1) is 18.2. The van der Waals surface area contributed by atoms with E-state index in [2.05, 4.69) is 4.18 Å². The molecule has 0 unspecified atom stereocenters. The van der Waals surface area contributed by atoms with Gasteiger partial charge in [-0.25, -0.2) is 16.8 Å². The van der Waals surface area contributed by atoms with Crippen molar-refractivity contribution in [2.24, 2.45) is 0 Å². The summed E-state index contributed by atoms with van der Waals surface area (Å²) >= 11 is 0. The van der Waals surface area contributed by atoms with Gasteiger partial charge >= 0.3 is 75.5 Å². The SMILES string of the molecule is Cc1ccc(S(=O)(=O)[O-])c(C)c1C.Cc1ccc(S(=O)(=O)[O-])c(C)c1C.Cc1cccc(S(=O)(=O)OC#N)c1C.[Na+].[Na+]. The van der Waals surface area contributed by atoms with Crippen molar-refractivity contribution in [2.75, 3.05) is 0 Å². The summed E-state index contributed by atoms with van der Waals surface area (Å²) in [5.41, 5.74) is 6.24. The van der Waals surface area contributed by atoms with Gasteiger partial charge in [-0.05, 0) is 118 Å². The van der Waals surface area contributed by atoms with Crippen molar-refractivity contribution >= 4 is 30.4 Å². The molecule has 15 heteroatoms. The van der Waals surface area contributed by atoms with Crippen molar-refractivity contribution in [3.8, 4) is 6.26 Å². The maximum atomic E-state index is 11.4. The van der Waals surface area contributed by atoms with E-state index in [1.165, 1.54) is 24.5 Å². The van der Waals surface area contributed by atoms with Gasteiger partial charge in [0.05, 0.1) is 9.79 Å². The van der Waals surface area contributed by atoms with Crippen LogP contribution in [0.5, 0.6) is 0 Å². The molecule has 0 spiro atoms. The van der Waals surface area contributed by atoms with E-state index >= 15 is 0 Å². The Balaban J connectivity index is 0. The monoisotopic (exact) mass is 655 g/mol. The Labute approximate surface area is 293 Å². The number of nitriles is 1. The molecule has 218 valence electrons. The Bertz CT molecular complexity index is 1700. The van der Waals surface area contributed by atoms with Crippen LogP contribution in [0, 0.1) is 66.9 Å². The average molecular weight is 656 g/mol. The Morgan fingerprint density at radius 3 is 1.24 bits per heavy atom. The quantitative estimate of drug-likeness (QED) is 0.139. The second-order valence-corrected chi connectivity index (χ2v) is 13.2. The summed E-state index contributed by atoms with van der Waals surface area (Å²) in [6.45, 7) is 14.1. The fraction of sp³-hybridized carbons (Fsp3) is 0.296. The molecule has 0 aliphatic heterocycles. The van der Waals surface area contributed by atoms with E-state index in [0.29, 0.717) is 16.7 Å². The molecule has 0 saturated heterocycles. The number of aryl methyl sites for hydroxylation is 3. The Kier molecular flexibility index (Phi) is 17.6. The Hall–Kier alpha value is -1.28. The van der Waals surface area contributed by atoms with E-state index in [1.54, 1.807) is 65.8 Å². The van der Waals surface area contributed by atoms with Crippen LogP contribution in [0.25, 0.3) is 0 Å². The van der Waals surface area contributed by atoms with Crippen LogP contribution in [-0.2, 0) is 34.5 Å². The minimum atomic E-state index is -4.32. The average Bonchev–Trinajstić information content (AvgIpc) is 2.82. The van der Waals surface area contributed by atoms with Crippen molar-refractivity contribution in [1.82, 2.24) is 0 Å². The molecule has 0 aliphatic rings. The minimum Gasteiger partial charge on any atom is -0.744 e. The summed E-state index contributed by atoms with van der Waals surface area (Å²) in [6.07, 6.45) is 1.17. The van der Waals surface area contributed by atoms with Gasteiger partial charge in [-0.2, -0.15) is 8.42 Å². The zero-order valence-electron chi connectivity index (χ0n) is 25.4. The van der Waals surface area contributed by atoms with E-state index in [0.717, 1.165) is 27.8 Å². The zero-order valence-corrected chi connectivity index (χ0v) is 31.8. The summed E-state index contributed by atoms with van der Waals surface area (Å²) < 4.78 is 91.3. The van der Waals surface area contributed by atoms with Crippen molar-refractivity contribution in [1.29, 1.82) is 5.26 Å². The maximum absolute atomic E-state index is 11.4. The summed E-state index contributed by atoms with van der Waals surface area (Å²) in [5, 5.41) is 8.17. The molecule has 42 heavy (non-hydrogen) atoms. The van der Waals surface area contributed by atoms with Crippen molar-refractivity contribution in [3.05, 3.63) is 87.0 Å². The third-order valence-electron chi connectivity index (χ3n) is 6.53. The van der Waals surface area contributed by atoms with Gasteiger partial charge in [0.2, 0.25) is 0 Å². The number of rotatable bonds is 4. The van der Waals surface area contributed by atoms with Crippen LogP contribution >= 0.6 is 0 Å². The molecule has 0 amide bonds. The fourth-order valence-corrected chi connectivity index (χ4v) is 5.99. The second-order valence-electron chi connectivity index (χ2n) is 9.00. The van der Waals surface area contributed by atoms with Gasteiger partial charge in [0, 0.05) is 0 Å². The summed E-state index contributed by atoms with van der Waals surface area (Å²) in [7, 11) is -12.6. The number of nitrogens with zero attached hydrogens (tertiary/aromatic N) is 1. The summed E-state index contributed by atoms with van der Waals surface area (Å²) in [5.74, 6) is 0. The van der Waals surface area contributed by atoms with Crippen LogP contribution < -0.4 is 59.1 Å². The molecule has 0 heterocycles. The van der Waals surface area contributed by atoms with Crippen LogP contribution in [0.3, 0.4) is 0 Å². The van der Waals surface area contributed by atoms with Gasteiger partial charge in [0.1, 0.15) is 25.1 Å². The number of hydrogen-bond acceptors (Lipinski definition) is 10. The van der Waals surface area contributed by atoms with Crippen LogP contribution in [0.15, 0.2) is 57.2 Å². The number of benzene rings is 3. The van der Waals surface area contributed by atoms with Gasteiger partial charge in [-0.3, -0.25) is 4.18 Å². The van der Waals surface area contributed by atoms with Crippen LogP contribution in [0.4, 0.5) is 0 Å². The predicted octanol–water partition coefficient (Wildman–Crippen LogP) is -1.47. The largest absolute Gasteiger partial charge is 1.00 e. The maximum Gasteiger partial charge on any atom is 1.00 e. The van der Waals surface area contributed by atoms with E-state index in [1.807, 2.05) is 13.8 Å². The Morgan fingerprint density at radius 1 is 0.548 bits per heavy atom. The molecule has 0 aliphatic carbocycles. The molecule has 0 fully saturated rings. The molecular formula is C27H31NNa2O9S3. The normalized spacial score (nSPS) is 10.8. The van der Waals surface area contributed by atoms with E-state index < -0.39 is 30.4 Å². The first-order valence-corrected chi connectivity index (χ1v) is 15.8. The molecule has 10 nitrogen and oxygen atoms in total. The van der Waals surface area contributed by atoms with Gasteiger partial charge in [0.15, 0.2) is 0 Å². The third kappa shape index (κ3) is 11.7. The summed E-state index contributed by atoms with van der Waals surface area (Å²) in [6, 6.07) is 10.8. The molecule has 3 rings (SSSR count). The molecule has 3 aromatic rings. The zero-order chi connectivity index (χ0) is 31.2. The first kappa shape index (κ1) is 42.9. The van der Waals surface area contributed by atoms with Gasteiger partial charge in [-0.1, -0.05) is 24.3 Å². The van der Waals surface area contributed by atoms with Gasteiger partial charge in [0.25, 0.3) is 0 Å². The standard InChI is InChI=1S/C9H9NO3S.2C9H12O3S.2Na/c1-7-4-3-5-9(8(7)2)14(11,12)13-6-10;2*1-6-4-5-9(13(10,11)12)8(3)7(6)2;;/h3-5H,1-2H3;2*4-5H,1-3H3,(H,10,11,12);;/q;;;2*+1/p-2. The third-order valence-corrected chi connectivity index (χ3v) is 9.76.